The Morgan fingerprint density at radius 2 is 2.20 bits per heavy atom. The van der Waals surface area contributed by atoms with Crippen molar-refractivity contribution in [1.82, 2.24) is 5.32 Å². The molecule has 0 saturated carbocycles. The number of nitriles is 1. The Labute approximate surface area is 62.2 Å². The molecule has 0 radical (unpaired) electrons. The lowest BCUT2D eigenvalue weighted by Gasteiger charge is -2.11. The molecule has 10 heavy (non-hydrogen) atoms. The minimum absolute atomic E-state index is 0.115. The zero-order chi connectivity index (χ0) is 7.98. The van der Waals surface area contributed by atoms with E-state index in [1.165, 1.54) is 0 Å². The molecule has 0 aliphatic carbocycles. The fraction of sp³-hybridized carbons (Fsp3) is 0.625. The van der Waals surface area contributed by atoms with Crippen molar-refractivity contribution in [1.29, 1.82) is 5.26 Å². The minimum atomic E-state index is -0.115. The molecule has 54 valence electrons. The zero-order valence-electron chi connectivity index (χ0n) is 6.39. The monoisotopic (exact) mass is 136 g/mol. The first-order valence-corrected chi connectivity index (χ1v) is 3.28. The quantitative estimate of drug-likeness (QED) is 0.581. The number of hydrogen-bond acceptors (Lipinski definition) is 2. The Morgan fingerprint density at radius 1 is 1.60 bits per heavy atom. The molecule has 0 spiro atoms. The average molecular weight is 136 g/mol. The third-order valence-corrected chi connectivity index (χ3v) is 1.23. The standard InChI is InChI=1S/C8H12N2/c1-4-5-10-8(6-9)7(2)3/h1,7-8,10H,5H2,2-3H3. The topological polar surface area (TPSA) is 35.8 Å². The van der Waals surface area contributed by atoms with Crippen LogP contribution in [0.1, 0.15) is 13.8 Å². The first-order valence-electron chi connectivity index (χ1n) is 3.28. The van der Waals surface area contributed by atoms with Gasteiger partial charge in [0.25, 0.3) is 0 Å². The van der Waals surface area contributed by atoms with Crippen molar-refractivity contribution < 1.29 is 0 Å². The van der Waals surface area contributed by atoms with E-state index < -0.39 is 0 Å². The fourth-order valence-corrected chi connectivity index (χ4v) is 0.599. The van der Waals surface area contributed by atoms with Gasteiger partial charge in [-0.2, -0.15) is 5.26 Å². The molecule has 0 rings (SSSR count). The van der Waals surface area contributed by atoms with E-state index in [0.29, 0.717) is 12.5 Å². The van der Waals surface area contributed by atoms with E-state index in [0.717, 1.165) is 0 Å². The molecule has 0 heterocycles. The van der Waals surface area contributed by atoms with Crippen LogP contribution in [0.15, 0.2) is 0 Å². The predicted molar refractivity (Wildman–Crippen MR) is 41.1 cm³/mol. The van der Waals surface area contributed by atoms with Crippen molar-refractivity contribution in [3.8, 4) is 18.4 Å². The summed E-state index contributed by atoms with van der Waals surface area (Å²) in [5.74, 6) is 2.74. The Kier molecular flexibility index (Phi) is 4.37. The van der Waals surface area contributed by atoms with E-state index in [9.17, 15) is 0 Å². The Balaban J connectivity index is 3.66. The maximum Gasteiger partial charge on any atom is 0.0983 e. The van der Waals surface area contributed by atoms with Crippen LogP contribution >= 0.6 is 0 Å². The smallest absolute Gasteiger partial charge is 0.0983 e. The van der Waals surface area contributed by atoms with Gasteiger partial charge in [0.1, 0.15) is 0 Å². The summed E-state index contributed by atoms with van der Waals surface area (Å²) in [5, 5.41) is 11.5. The highest BCUT2D eigenvalue weighted by Crippen LogP contribution is 1.98. The van der Waals surface area contributed by atoms with Crippen LogP contribution < -0.4 is 5.32 Å². The van der Waals surface area contributed by atoms with Gasteiger partial charge in [-0.05, 0) is 5.92 Å². The molecule has 0 saturated heterocycles. The molecule has 0 aliphatic heterocycles. The number of hydrogen-bond donors (Lipinski definition) is 1. The molecule has 2 nitrogen and oxygen atoms in total. The summed E-state index contributed by atoms with van der Waals surface area (Å²) in [7, 11) is 0. The molecular weight excluding hydrogens is 124 g/mol. The Hall–Kier alpha value is -0.990. The normalized spacial score (nSPS) is 12.1. The molecule has 0 amide bonds. The van der Waals surface area contributed by atoms with Gasteiger partial charge >= 0.3 is 0 Å². The second kappa shape index (κ2) is 4.85. The second-order valence-corrected chi connectivity index (χ2v) is 2.44. The summed E-state index contributed by atoms with van der Waals surface area (Å²) in [5.41, 5.74) is 0. The zero-order valence-corrected chi connectivity index (χ0v) is 6.39. The average Bonchev–Trinajstić information content (AvgIpc) is 1.89. The summed E-state index contributed by atoms with van der Waals surface area (Å²) < 4.78 is 0. The third-order valence-electron chi connectivity index (χ3n) is 1.23. The van der Waals surface area contributed by atoms with E-state index in [2.05, 4.69) is 17.3 Å². The van der Waals surface area contributed by atoms with Crippen LogP contribution in [-0.4, -0.2) is 12.6 Å². The van der Waals surface area contributed by atoms with Crippen LogP contribution in [-0.2, 0) is 0 Å². The molecule has 1 atom stereocenters. The lowest BCUT2D eigenvalue weighted by molar-refractivity contribution is 0.495. The molecule has 0 aromatic carbocycles. The van der Waals surface area contributed by atoms with E-state index in [4.69, 9.17) is 11.7 Å². The molecule has 0 aliphatic rings. The van der Waals surface area contributed by atoms with E-state index >= 15 is 0 Å². The molecular formula is C8H12N2. The minimum Gasteiger partial charge on any atom is -0.291 e. The van der Waals surface area contributed by atoms with Gasteiger partial charge in [0.15, 0.2) is 0 Å². The van der Waals surface area contributed by atoms with E-state index in [1.54, 1.807) is 0 Å². The summed E-state index contributed by atoms with van der Waals surface area (Å²) >= 11 is 0. The van der Waals surface area contributed by atoms with Crippen LogP contribution in [0.5, 0.6) is 0 Å². The molecule has 0 bridgehead atoms. The molecule has 0 fully saturated rings. The van der Waals surface area contributed by atoms with Crippen molar-refractivity contribution in [3.05, 3.63) is 0 Å². The van der Waals surface area contributed by atoms with Gasteiger partial charge < -0.3 is 0 Å². The van der Waals surface area contributed by atoms with Gasteiger partial charge in [-0.1, -0.05) is 19.8 Å². The highest BCUT2D eigenvalue weighted by molar-refractivity contribution is 4.96. The van der Waals surface area contributed by atoms with E-state index in [1.807, 2.05) is 13.8 Å². The van der Waals surface area contributed by atoms with Crippen LogP contribution in [0.2, 0.25) is 0 Å². The molecule has 2 heteroatoms. The number of terminal acetylenes is 1. The summed E-state index contributed by atoms with van der Waals surface area (Å²) in [6.45, 7) is 4.44. The molecule has 0 aromatic heterocycles. The predicted octanol–water partition coefficient (Wildman–Crippen LogP) is 0.757. The Morgan fingerprint density at radius 3 is 2.50 bits per heavy atom. The Bertz CT molecular complexity index is 159. The maximum absolute atomic E-state index is 8.54. The van der Waals surface area contributed by atoms with E-state index in [-0.39, 0.29) is 6.04 Å². The first-order chi connectivity index (χ1) is 4.72. The summed E-state index contributed by atoms with van der Waals surface area (Å²) in [6, 6.07) is 2.01. The van der Waals surface area contributed by atoms with Crippen molar-refractivity contribution in [2.24, 2.45) is 5.92 Å². The molecule has 1 unspecified atom stereocenters. The van der Waals surface area contributed by atoms with Crippen molar-refractivity contribution in [2.45, 2.75) is 19.9 Å². The number of rotatable bonds is 3. The van der Waals surface area contributed by atoms with Crippen molar-refractivity contribution in [2.75, 3.05) is 6.54 Å². The third kappa shape index (κ3) is 3.12. The first kappa shape index (κ1) is 9.01. The largest absolute Gasteiger partial charge is 0.291 e. The van der Waals surface area contributed by atoms with Gasteiger partial charge in [-0.25, -0.2) is 0 Å². The maximum atomic E-state index is 8.54. The van der Waals surface area contributed by atoms with Gasteiger partial charge in [-0.15, -0.1) is 6.42 Å². The number of nitrogens with one attached hydrogen (secondary N) is 1. The molecule has 0 aromatic rings. The highest BCUT2D eigenvalue weighted by Gasteiger charge is 2.08. The SMILES string of the molecule is C#CCNC(C#N)C(C)C. The van der Waals surface area contributed by atoms with Crippen LogP contribution in [0.4, 0.5) is 0 Å². The fourth-order valence-electron chi connectivity index (χ4n) is 0.599. The second-order valence-electron chi connectivity index (χ2n) is 2.44. The molecule has 1 N–H and O–H groups in total. The van der Waals surface area contributed by atoms with Gasteiger partial charge in [0.2, 0.25) is 0 Å². The van der Waals surface area contributed by atoms with Crippen molar-refractivity contribution >= 4 is 0 Å². The highest BCUT2D eigenvalue weighted by atomic mass is 14.9. The van der Waals surface area contributed by atoms with Crippen LogP contribution in [0.25, 0.3) is 0 Å². The van der Waals surface area contributed by atoms with Gasteiger partial charge in [0, 0.05) is 0 Å². The number of nitrogens with zero attached hydrogens (tertiary/aromatic N) is 1. The summed E-state index contributed by atoms with van der Waals surface area (Å²) in [6.07, 6.45) is 5.01. The van der Waals surface area contributed by atoms with Crippen molar-refractivity contribution in [3.63, 3.8) is 0 Å². The van der Waals surface area contributed by atoms with Gasteiger partial charge in [-0.3, -0.25) is 5.32 Å². The van der Waals surface area contributed by atoms with Crippen LogP contribution in [0, 0.1) is 29.6 Å². The lowest BCUT2D eigenvalue weighted by Crippen LogP contribution is -2.32. The lowest BCUT2D eigenvalue weighted by atomic mass is 10.1. The van der Waals surface area contributed by atoms with Gasteiger partial charge in [0.05, 0.1) is 18.7 Å². The van der Waals surface area contributed by atoms with Crippen LogP contribution in [0.3, 0.4) is 0 Å². The summed E-state index contributed by atoms with van der Waals surface area (Å²) in [4.78, 5) is 0.